The van der Waals surface area contributed by atoms with E-state index in [9.17, 15) is 18.0 Å². The van der Waals surface area contributed by atoms with E-state index in [1.807, 2.05) is 0 Å². The number of carbonyl (C=O) groups excluding carboxylic acids is 1. The Balaban J connectivity index is 1.40. The van der Waals surface area contributed by atoms with Gasteiger partial charge in [-0.2, -0.15) is 28.3 Å². The molecule has 0 unspecified atom stereocenters. The van der Waals surface area contributed by atoms with E-state index < -0.39 is 23.0 Å². The summed E-state index contributed by atoms with van der Waals surface area (Å²) in [5, 5.41) is 10.8. The van der Waals surface area contributed by atoms with Crippen LogP contribution < -0.4 is 14.2 Å². The Morgan fingerprint density at radius 1 is 1.06 bits per heavy atom. The van der Waals surface area contributed by atoms with Crippen LogP contribution in [0.25, 0.3) is 6.08 Å². The Bertz CT molecular complexity index is 1210. The van der Waals surface area contributed by atoms with Crippen molar-refractivity contribution in [3.05, 3.63) is 59.7 Å². The molecule has 8 nitrogen and oxygen atoms in total. The first-order valence-corrected chi connectivity index (χ1v) is 10.6. The van der Waals surface area contributed by atoms with E-state index in [4.69, 9.17) is 19.6 Å². The third-order valence-corrected chi connectivity index (χ3v) is 5.50. The largest absolute Gasteiger partial charge is 0.497 e. The van der Waals surface area contributed by atoms with Crippen LogP contribution in [0.2, 0.25) is 0 Å². The highest BCUT2D eigenvalue weighted by Crippen LogP contribution is 2.35. The summed E-state index contributed by atoms with van der Waals surface area (Å²) >= 11 is 0.205. The molecule has 2 aliphatic rings. The monoisotopic (exact) mass is 490 g/mol. The number of thioether (sulfide) groups is 1. The number of methoxy groups -OCH3 is 1. The third-order valence-electron chi connectivity index (χ3n) is 4.55. The van der Waals surface area contributed by atoms with Gasteiger partial charge in [0.2, 0.25) is 10.2 Å². The minimum atomic E-state index is -4.69. The van der Waals surface area contributed by atoms with Crippen molar-refractivity contribution in [2.45, 2.75) is 6.18 Å². The molecule has 2 heterocycles. The van der Waals surface area contributed by atoms with Crippen molar-refractivity contribution in [3.63, 3.8) is 0 Å². The summed E-state index contributed by atoms with van der Waals surface area (Å²) in [5.74, 6) is 0.564. The second-order valence-corrected chi connectivity index (χ2v) is 7.82. The molecule has 1 N–H and O–H groups in total. The van der Waals surface area contributed by atoms with Crippen molar-refractivity contribution in [1.29, 1.82) is 5.41 Å². The van der Waals surface area contributed by atoms with Gasteiger partial charge in [-0.25, -0.2) is 0 Å². The van der Waals surface area contributed by atoms with E-state index in [-0.39, 0.29) is 35.7 Å². The van der Waals surface area contributed by atoms with Crippen LogP contribution in [-0.2, 0) is 4.79 Å². The van der Waals surface area contributed by atoms with Gasteiger partial charge in [-0.3, -0.25) is 10.2 Å². The van der Waals surface area contributed by atoms with Crippen LogP contribution in [-0.4, -0.2) is 53.5 Å². The van der Waals surface area contributed by atoms with Crippen molar-refractivity contribution < 1.29 is 32.2 Å². The highest BCUT2D eigenvalue weighted by atomic mass is 32.2. The van der Waals surface area contributed by atoms with Crippen LogP contribution in [0.1, 0.15) is 5.56 Å². The summed E-state index contributed by atoms with van der Waals surface area (Å²) in [7, 11) is 1.58. The standard InChI is InChI=1S/C22H17F3N4O4S/c1-31-14-5-7-15(8-6-14)32-9-10-33-16-4-2-3-13(11-16)12-17-18(26)29-21(27-19(17)30)34-20(28-29)22(23,24)25/h2-8,11-12,26H,9-10H2,1H3/b17-12-,26-18?. The molecule has 0 radical (unpaired) electrons. The fourth-order valence-corrected chi connectivity index (χ4v) is 3.72. The molecule has 0 fully saturated rings. The number of fused-ring (bicyclic) bond motifs is 1. The summed E-state index contributed by atoms with van der Waals surface area (Å²) in [6, 6.07) is 13.8. The molecule has 0 aliphatic carbocycles. The van der Waals surface area contributed by atoms with Crippen LogP contribution in [0.4, 0.5) is 13.2 Å². The highest BCUT2D eigenvalue weighted by Gasteiger charge is 2.46. The number of alkyl halides is 3. The number of hydrazone groups is 1. The zero-order valence-corrected chi connectivity index (χ0v) is 18.4. The van der Waals surface area contributed by atoms with Gasteiger partial charge in [0.1, 0.15) is 30.5 Å². The quantitative estimate of drug-likeness (QED) is 0.458. The zero-order chi connectivity index (χ0) is 24.3. The predicted molar refractivity (Wildman–Crippen MR) is 121 cm³/mol. The van der Waals surface area contributed by atoms with Gasteiger partial charge in [0, 0.05) is 0 Å². The highest BCUT2D eigenvalue weighted by molar-refractivity contribution is 8.27. The third kappa shape index (κ3) is 5.22. The van der Waals surface area contributed by atoms with Gasteiger partial charge in [-0.15, -0.1) is 0 Å². The molecule has 2 aromatic carbocycles. The van der Waals surface area contributed by atoms with Gasteiger partial charge in [-0.1, -0.05) is 12.1 Å². The van der Waals surface area contributed by atoms with Crippen LogP contribution in [0.15, 0.2) is 64.2 Å². The molecule has 12 heteroatoms. The smallest absolute Gasteiger partial charge is 0.441 e. The van der Waals surface area contributed by atoms with Crippen molar-refractivity contribution in [1.82, 2.24) is 5.01 Å². The normalized spacial score (nSPS) is 16.8. The first-order chi connectivity index (χ1) is 16.2. The fraction of sp³-hybridized carbons (Fsp3) is 0.182. The summed E-state index contributed by atoms with van der Waals surface area (Å²) in [5.41, 5.74) is 0.323. The lowest BCUT2D eigenvalue weighted by atomic mass is 10.1. The molecule has 34 heavy (non-hydrogen) atoms. The van der Waals surface area contributed by atoms with Crippen molar-refractivity contribution >= 4 is 39.8 Å². The number of amidine groups is 2. The molecule has 1 amide bonds. The molecule has 0 saturated carbocycles. The lowest BCUT2D eigenvalue weighted by molar-refractivity contribution is -0.114. The number of nitrogens with one attached hydrogen (secondary N) is 1. The molecular weight excluding hydrogens is 473 g/mol. The molecule has 2 aliphatic heterocycles. The maximum Gasteiger partial charge on any atom is 0.441 e. The van der Waals surface area contributed by atoms with Crippen molar-refractivity contribution in [2.24, 2.45) is 10.1 Å². The van der Waals surface area contributed by atoms with Gasteiger partial charge in [0.05, 0.1) is 12.7 Å². The zero-order valence-electron chi connectivity index (χ0n) is 17.6. The van der Waals surface area contributed by atoms with E-state index in [1.165, 1.54) is 6.08 Å². The molecule has 0 saturated heterocycles. The molecule has 0 aromatic heterocycles. The van der Waals surface area contributed by atoms with E-state index in [0.717, 1.165) is 5.75 Å². The first-order valence-electron chi connectivity index (χ1n) is 9.82. The summed E-state index contributed by atoms with van der Waals surface area (Å²) in [4.78, 5) is 16.0. The average Bonchev–Trinajstić information content (AvgIpc) is 3.25. The van der Waals surface area contributed by atoms with Crippen molar-refractivity contribution in [3.8, 4) is 17.2 Å². The molecule has 176 valence electrons. The molecular formula is C22H17F3N4O4S. The number of aliphatic imine (C=N–C) groups is 1. The molecule has 0 spiro atoms. The lowest BCUT2D eigenvalue weighted by Crippen LogP contribution is -2.35. The number of ether oxygens (including phenoxy) is 3. The number of nitrogens with zero attached hydrogens (tertiary/aromatic N) is 3. The van der Waals surface area contributed by atoms with Crippen LogP contribution in [0, 0.1) is 5.41 Å². The van der Waals surface area contributed by atoms with Gasteiger partial charge >= 0.3 is 6.18 Å². The molecule has 0 bridgehead atoms. The second kappa shape index (κ2) is 9.59. The maximum absolute atomic E-state index is 12.9. The number of halogens is 3. The predicted octanol–water partition coefficient (Wildman–Crippen LogP) is 4.33. The number of rotatable bonds is 7. The van der Waals surface area contributed by atoms with E-state index in [2.05, 4.69) is 10.1 Å². The van der Waals surface area contributed by atoms with Crippen LogP contribution >= 0.6 is 11.8 Å². The molecule has 0 atom stereocenters. The summed E-state index contributed by atoms with van der Waals surface area (Å²) in [6.45, 7) is 0.527. The van der Waals surface area contributed by atoms with Crippen LogP contribution in [0.3, 0.4) is 0 Å². The number of hydrogen-bond acceptors (Lipinski definition) is 7. The Kier molecular flexibility index (Phi) is 6.59. The van der Waals surface area contributed by atoms with Gasteiger partial charge in [-0.05, 0) is 59.8 Å². The van der Waals surface area contributed by atoms with Crippen LogP contribution in [0.5, 0.6) is 17.2 Å². The van der Waals surface area contributed by atoms with E-state index >= 15 is 0 Å². The lowest BCUT2D eigenvalue weighted by Gasteiger charge is -2.20. The molecule has 2 aromatic rings. The fourth-order valence-electron chi connectivity index (χ4n) is 2.96. The van der Waals surface area contributed by atoms with Gasteiger partial charge in [0.15, 0.2) is 5.84 Å². The maximum atomic E-state index is 12.9. The minimum Gasteiger partial charge on any atom is -0.497 e. The Labute approximate surface area is 196 Å². The van der Waals surface area contributed by atoms with Crippen molar-refractivity contribution in [2.75, 3.05) is 20.3 Å². The van der Waals surface area contributed by atoms with Gasteiger partial charge < -0.3 is 14.2 Å². The number of carbonyl (C=O) groups is 1. The molecule has 4 rings (SSSR count). The number of benzene rings is 2. The summed E-state index contributed by atoms with van der Waals surface area (Å²) < 4.78 is 55.2. The Morgan fingerprint density at radius 2 is 1.74 bits per heavy atom. The van der Waals surface area contributed by atoms with E-state index in [1.54, 1.807) is 55.6 Å². The number of amides is 1. The topological polar surface area (TPSA) is 96.6 Å². The number of hydrogen-bond donors (Lipinski definition) is 1. The minimum absolute atomic E-state index is 0.184. The second-order valence-electron chi connectivity index (χ2n) is 6.87. The van der Waals surface area contributed by atoms with E-state index in [0.29, 0.717) is 22.1 Å². The Hall–Kier alpha value is -3.80. The summed E-state index contributed by atoms with van der Waals surface area (Å²) in [6.07, 6.45) is -3.34. The Morgan fingerprint density at radius 3 is 2.41 bits per heavy atom. The van der Waals surface area contributed by atoms with Gasteiger partial charge in [0.25, 0.3) is 5.91 Å². The average molecular weight is 490 g/mol. The SMILES string of the molecule is COc1ccc(OCCOc2cccc(/C=C3/C(=N)N4N=C(C(F)(F)F)SC4=NC3=O)c2)cc1. The first kappa shape index (κ1) is 23.4.